The van der Waals surface area contributed by atoms with Gasteiger partial charge in [-0.1, -0.05) is 35.5 Å². The molecule has 1 amide bonds. The molecule has 1 saturated carbocycles. The van der Waals surface area contributed by atoms with E-state index >= 15 is 0 Å². The number of hydrogen-bond donors (Lipinski definition) is 1. The normalized spacial score (nSPS) is 14.8. The fraction of sp³-hybridized carbons (Fsp3) is 0.333. The SMILES string of the molecule is COc1ccc(/C(Cc2ccccc2)=N\OC(N)=O)cc1OC1CCCC1. The van der Waals surface area contributed by atoms with Crippen LogP contribution in [0.15, 0.2) is 53.7 Å². The third-order valence-electron chi connectivity index (χ3n) is 4.55. The highest BCUT2D eigenvalue weighted by Crippen LogP contribution is 2.33. The van der Waals surface area contributed by atoms with Crippen molar-refractivity contribution in [3.05, 3.63) is 59.7 Å². The van der Waals surface area contributed by atoms with Gasteiger partial charge in [0, 0.05) is 12.0 Å². The van der Waals surface area contributed by atoms with Crippen LogP contribution in [0.1, 0.15) is 36.8 Å². The van der Waals surface area contributed by atoms with Gasteiger partial charge in [0.25, 0.3) is 0 Å². The highest BCUT2D eigenvalue weighted by molar-refractivity contribution is 6.02. The second-order valence-electron chi connectivity index (χ2n) is 6.50. The molecule has 6 nitrogen and oxygen atoms in total. The largest absolute Gasteiger partial charge is 0.493 e. The lowest BCUT2D eigenvalue weighted by molar-refractivity contribution is 0.161. The first-order valence-electron chi connectivity index (χ1n) is 9.08. The van der Waals surface area contributed by atoms with Gasteiger partial charge in [-0.15, -0.1) is 0 Å². The van der Waals surface area contributed by atoms with Crippen LogP contribution in [0.25, 0.3) is 0 Å². The van der Waals surface area contributed by atoms with Crippen LogP contribution in [0.5, 0.6) is 11.5 Å². The molecule has 1 aliphatic carbocycles. The molecule has 3 rings (SSSR count). The highest BCUT2D eigenvalue weighted by Gasteiger charge is 2.19. The fourth-order valence-electron chi connectivity index (χ4n) is 3.21. The summed E-state index contributed by atoms with van der Waals surface area (Å²) in [5.74, 6) is 1.34. The predicted molar refractivity (Wildman–Crippen MR) is 103 cm³/mol. The summed E-state index contributed by atoms with van der Waals surface area (Å²) >= 11 is 0. The standard InChI is InChI=1S/C21H24N2O4/c1-25-19-12-11-16(14-20(19)26-17-9-5-6-10-17)18(23-27-21(22)24)13-15-7-3-2-4-8-15/h2-4,7-8,11-12,14,17H,5-6,9-10,13H2,1H3,(H2,22,24)/b23-18-. The second-order valence-corrected chi connectivity index (χ2v) is 6.50. The molecule has 0 aliphatic heterocycles. The Kier molecular flexibility index (Phi) is 6.30. The van der Waals surface area contributed by atoms with Crippen LogP contribution in [0.3, 0.4) is 0 Å². The van der Waals surface area contributed by atoms with E-state index in [-0.39, 0.29) is 6.10 Å². The molecule has 27 heavy (non-hydrogen) atoms. The number of amides is 1. The van der Waals surface area contributed by atoms with Gasteiger partial charge in [-0.3, -0.25) is 4.84 Å². The van der Waals surface area contributed by atoms with Crippen LogP contribution in [0.2, 0.25) is 0 Å². The van der Waals surface area contributed by atoms with E-state index in [2.05, 4.69) is 5.16 Å². The van der Waals surface area contributed by atoms with E-state index < -0.39 is 6.09 Å². The number of hydrogen-bond acceptors (Lipinski definition) is 5. The van der Waals surface area contributed by atoms with E-state index in [1.165, 1.54) is 12.8 Å². The molecule has 0 heterocycles. The number of nitrogens with zero attached hydrogens (tertiary/aromatic N) is 1. The Morgan fingerprint density at radius 1 is 1.11 bits per heavy atom. The summed E-state index contributed by atoms with van der Waals surface area (Å²) in [6.07, 6.45) is 4.19. The van der Waals surface area contributed by atoms with Crippen molar-refractivity contribution in [1.29, 1.82) is 0 Å². The topological polar surface area (TPSA) is 83.1 Å². The summed E-state index contributed by atoms with van der Waals surface area (Å²) in [5, 5.41) is 3.96. The predicted octanol–water partition coefficient (Wildman–Crippen LogP) is 4.06. The van der Waals surface area contributed by atoms with Crippen LogP contribution < -0.4 is 15.2 Å². The first-order valence-corrected chi connectivity index (χ1v) is 9.08. The zero-order chi connectivity index (χ0) is 19.1. The Bertz CT molecular complexity index is 799. The molecule has 0 radical (unpaired) electrons. The van der Waals surface area contributed by atoms with Crippen molar-refractivity contribution in [2.75, 3.05) is 7.11 Å². The molecule has 0 aromatic heterocycles. The minimum atomic E-state index is -0.948. The Hall–Kier alpha value is -3.02. The van der Waals surface area contributed by atoms with Gasteiger partial charge in [-0.25, -0.2) is 4.79 Å². The van der Waals surface area contributed by atoms with Crippen molar-refractivity contribution >= 4 is 11.8 Å². The fourth-order valence-corrected chi connectivity index (χ4v) is 3.21. The van der Waals surface area contributed by atoms with E-state index in [0.717, 1.165) is 24.0 Å². The van der Waals surface area contributed by atoms with Gasteiger partial charge < -0.3 is 15.2 Å². The minimum Gasteiger partial charge on any atom is -0.493 e. The van der Waals surface area contributed by atoms with Gasteiger partial charge in [0.05, 0.1) is 18.9 Å². The molecule has 0 unspecified atom stereocenters. The Balaban J connectivity index is 1.90. The summed E-state index contributed by atoms with van der Waals surface area (Å²) < 4.78 is 11.6. The maximum Gasteiger partial charge on any atom is 0.430 e. The summed E-state index contributed by atoms with van der Waals surface area (Å²) in [6.45, 7) is 0. The highest BCUT2D eigenvalue weighted by atomic mass is 16.7. The van der Waals surface area contributed by atoms with Gasteiger partial charge in [0.2, 0.25) is 0 Å². The average Bonchev–Trinajstić information content (AvgIpc) is 3.19. The molecular weight excluding hydrogens is 344 g/mol. The quantitative estimate of drug-likeness (QED) is 0.454. The number of methoxy groups -OCH3 is 1. The minimum absolute atomic E-state index is 0.200. The Morgan fingerprint density at radius 2 is 1.85 bits per heavy atom. The third-order valence-corrected chi connectivity index (χ3v) is 4.55. The Morgan fingerprint density at radius 3 is 2.52 bits per heavy atom. The third kappa shape index (κ3) is 5.23. The monoisotopic (exact) mass is 368 g/mol. The van der Waals surface area contributed by atoms with E-state index in [1.807, 2.05) is 48.5 Å². The maximum absolute atomic E-state index is 11.0. The number of ether oxygens (including phenoxy) is 2. The van der Waals surface area contributed by atoms with Crippen LogP contribution in [-0.4, -0.2) is 25.0 Å². The molecule has 1 aliphatic rings. The van der Waals surface area contributed by atoms with Crippen LogP contribution in [0, 0.1) is 0 Å². The lowest BCUT2D eigenvalue weighted by atomic mass is 10.0. The number of rotatable bonds is 7. The summed E-state index contributed by atoms with van der Waals surface area (Å²) in [7, 11) is 1.62. The van der Waals surface area contributed by atoms with Crippen LogP contribution in [-0.2, 0) is 11.3 Å². The molecule has 0 atom stereocenters. The number of oxime groups is 1. The zero-order valence-electron chi connectivity index (χ0n) is 15.4. The van der Waals surface area contributed by atoms with Crippen molar-refractivity contribution < 1.29 is 19.1 Å². The van der Waals surface area contributed by atoms with E-state index in [9.17, 15) is 4.79 Å². The van der Waals surface area contributed by atoms with Gasteiger partial charge in [-0.2, -0.15) is 0 Å². The molecule has 0 bridgehead atoms. The van der Waals surface area contributed by atoms with E-state index in [0.29, 0.717) is 23.6 Å². The maximum atomic E-state index is 11.0. The molecule has 2 N–H and O–H groups in total. The van der Waals surface area contributed by atoms with Crippen molar-refractivity contribution in [3.8, 4) is 11.5 Å². The molecular formula is C21H24N2O4. The van der Waals surface area contributed by atoms with Crippen molar-refractivity contribution in [2.24, 2.45) is 10.9 Å². The van der Waals surface area contributed by atoms with Crippen LogP contribution in [0.4, 0.5) is 4.79 Å². The molecule has 6 heteroatoms. The number of primary amides is 1. The summed E-state index contributed by atoms with van der Waals surface area (Å²) in [5.41, 5.74) is 7.49. The van der Waals surface area contributed by atoms with Crippen LogP contribution >= 0.6 is 0 Å². The average molecular weight is 368 g/mol. The smallest absolute Gasteiger partial charge is 0.430 e. The van der Waals surface area contributed by atoms with Crippen molar-refractivity contribution in [3.63, 3.8) is 0 Å². The van der Waals surface area contributed by atoms with Crippen molar-refractivity contribution in [2.45, 2.75) is 38.2 Å². The van der Waals surface area contributed by atoms with Gasteiger partial charge in [-0.05, 0) is 49.4 Å². The number of nitrogens with two attached hydrogens (primary N) is 1. The molecule has 0 spiro atoms. The summed E-state index contributed by atoms with van der Waals surface area (Å²) in [6, 6.07) is 15.4. The molecule has 2 aromatic rings. The van der Waals surface area contributed by atoms with E-state index in [4.69, 9.17) is 20.0 Å². The second kappa shape index (κ2) is 9.07. The lowest BCUT2D eigenvalue weighted by Crippen LogP contribution is -2.14. The first-order chi connectivity index (χ1) is 13.2. The molecule has 1 fully saturated rings. The number of benzene rings is 2. The molecule has 2 aromatic carbocycles. The van der Waals surface area contributed by atoms with Gasteiger partial charge in [0.15, 0.2) is 11.5 Å². The molecule has 142 valence electrons. The van der Waals surface area contributed by atoms with Gasteiger partial charge >= 0.3 is 6.09 Å². The lowest BCUT2D eigenvalue weighted by Gasteiger charge is -2.17. The first kappa shape index (κ1) is 18.8. The van der Waals surface area contributed by atoms with Gasteiger partial charge in [0.1, 0.15) is 0 Å². The van der Waals surface area contributed by atoms with Crippen molar-refractivity contribution in [1.82, 2.24) is 0 Å². The number of carbonyl (C=O) groups is 1. The summed E-state index contributed by atoms with van der Waals surface area (Å²) in [4.78, 5) is 15.7. The molecule has 0 saturated heterocycles. The Labute approximate surface area is 158 Å². The number of carbonyl (C=O) groups excluding carboxylic acids is 1. The zero-order valence-corrected chi connectivity index (χ0v) is 15.4. The van der Waals surface area contributed by atoms with E-state index in [1.54, 1.807) is 7.11 Å².